The van der Waals surface area contributed by atoms with E-state index in [-0.39, 0.29) is 17.6 Å². The van der Waals surface area contributed by atoms with Crippen molar-refractivity contribution in [3.8, 4) is 11.3 Å². The van der Waals surface area contributed by atoms with Crippen LogP contribution in [-0.2, 0) is 11.3 Å². The van der Waals surface area contributed by atoms with Gasteiger partial charge in [0.25, 0.3) is 0 Å². The second kappa shape index (κ2) is 7.11. The fourth-order valence-electron chi connectivity index (χ4n) is 3.41. The Kier molecular flexibility index (Phi) is 4.51. The summed E-state index contributed by atoms with van der Waals surface area (Å²) in [7, 11) is 0. The van der Waals surface area contributed by atoms with Gasteiger partial charge in [0, 0.05) is 42.7 Å². The van der Waals surface area contributed by atoms with Crippen LogP contribution in [0.15, 0.2) is 49.1 Å². The van der Waals surface area contributed by atoms with Gasteiger partial charge in [-0.25, -0.2) is 9.37 Å². The van der Waals surface area contributed by atoms with Crippen molar-refractivity contribution in [1.82, 2.24) is 24.6 Å². The summed E-state index contributed by atoms with van der Waals surface area (Å²) in [6, 6.07) is 8.30. The Labute approximate surface area is 150 Å². The number of nitrogens with one attached hydrogen (secondary N) is 1. The van der Waals surface area contributed by atoms with Crippen molar-refractivity contribution < 1.29 is 9.18 Å². The largest absolute Gasteiger partial charge is 0.340 e. The van der Waals surface area contributed by atoms with E-state index in [0.29, 0.717) is 13.1 Å². The highest BCUT2D eigenvalue weighted by molar-refractivity contribution is 5.76. The van der Waals surface area contributed by atoms with E-state index in [4.69, 9.17) is 0 Å². The number of carbonyl (C=O) groups is 1. The van der Waals surface area contributed by atoms with Crippen LogP contribution in [0.2, 0.25) is 0 Å². The molecule has 1 atom stereocenters. The maximum Gasteiger partial charge on any atom is 0.242 e. The van der Waals surface area contributed by atoms with Gasteiger partial charge in [-0.3, -0.25) is 9.89 Å². The number of nitrogens with zero attached hydrogens (tertiary/aromatic N) is 4. The number of amides is 1. The molecule has 1 aromatic carbocycles. The Morgan fingerprint density at radius 3 is 2.92 bits per heavy atom. The molecule has 1 aliphatic heterocycles. The van der Waals surface area contributed by atoms with Gasteiger partial charge in [-0.1, -0.05) is 0 Å². The topological polar surface area (TPSA) is 66.8 Å². The number of aromatic amines is 1. The molecule has 134 valence electrons. The van der Waals surface area contributed by atoms with Crippen LogP contribution in [0.1, 0.15) is 24.5 Å². The minimum Gasteiger partial charge on any atom is -0.340 e. The maximum atomic E-state index is 13.1. The average Bonchev–Trinajstić information content (AvgIpc) is 3.34. The molecule has 1 saturated heterocycles. The predicted octanol–water partition coefficient (Wildman–Crippen LogP) is 2.82. The minimum absolute atomic E-state index is 0.103. The van der Waals surface area contributed by atoms with Crippen LogP contribution in [0.3, 0.4) is 0 Å². The Morgan fingerprint density at radius 2 is 2.15 bits per heavy atom. The highest BCUT2D eigenvalue weighted by Gasteiger charge is 2.26. The van der Waals surface area contributed by atoms with Crippen LogP contribution >= 0.6 is 0 Å². The molecule has 0 bridgehead atoms. The molecular formula is C19H20FN5O. The fraction of sp³-hybridized carbons (Fsp3) is 0.316. The number of carbonyl (C=O) groups excluding carboxylic acids is 1. The Morgan fingerprint density at radius 1 is 1.31 bits per heavy atom. The third-order valence-electron chi connectivity index (χ3n) is 4.83. The lowest BCUT2D eigenvalue weighted by Gasteiger charge is -2.32. The zero-order chi connectivity index (χ0) is 17.9. The van der Waals surface area contributed by atoms with Crippen molar-refractivity contribution in [1.29, 1.82) is 0 Å². The minimum atomic E-state index is -0.260. The van der Waals surface area contributed by atoms with Crippen LogP contribution in [0.5, 0.6) is 0 Å². The van der Waals surface area contributed by atoms with E-state index in [0.717, 1.165) is 36.3 Å². The van der Waals surface area contributed by atoms with E-state index < -0.39 is 0 Å². The maximum absolute atomic E-state index is 13.1. The molecule has 1 amide bonds. The molecule has 3 aromatic rings. The fourth-order valence-corrected chi connectivity index (χ4v) is 3.41. The van der Waals surface area contributed by atoms with Crippen molar-refractivity contribution in [2.75, 3.05) is 13.1 Å². The lowest BCUT2D eigenvalue weighted by atomic mass is 9.94. The molecule has 0 spiro atoms. The van der Waals surface area contributed by atoms with Crippen LogP contribution in [0, 0.1) is 5.82 Å². The van der Waals surface area contributed by atoms with Crippen molar-refractivity contribution in [3.63, 3.8) is 0 Å². The lowest BCUT2D eigenvalue weighted by Crippen LogP contribution is -2.40. The molecule has 7 heteroatoms. The number of hydrogen-bond donors (Lipinski definition) is 1. The average molecular weight is 353 g/mol. The summed E-state index contributed by atoms with van der Waals surface area (Å²) in [6.45, 7) is 1.78. The molecular weight excluding hydrogens is 333 g/mol. The summed E-state index contributed by atoms with van der Waals surface area (Å²) in [6.07, 6.45) is 7.10. The van der Waals surface area contributed by atoms with E-state index in [1.54, 1.807) is 35.4 Å². The van der Waals surface area contributed by atoms with Crippen LogP contribution < -0.4 is 0 Å². The number of benzene rings is 1. The number of hydrogen-bond acceptors (Lipinski definition) is 3. The number of H-pyrrole nitrogens is 1. The molecule has 3 heterocycles. The first-order chi connectivity index (χ1) is 12.7. The van der Waals surface area contributed by atoms with E-state index in [1.165, 1.54) is 12.1 Å². The Balaban J connectivity index is 1.44. The number of imidazole rings is 1. The molecule has 1 aliphatic rings. The van der Waals surface area contributed by atoms with Crippen molar-refractivity contribution in [2.45, 2.75) is 25.3 Å². The van der Waals surface area contributed by atoms with Gasteiger partial charge in [0.15, 0.2) is 0 Å². The van der Waals surface area contributed by atoms with Crippen molar-refractivity contribution in [2.24, 2.45) is 0 Å². The normalized spacial score (nSPS) is 17.4. The summed E-state index contributed by atoms with van der Waals surface area (Å²) in [5.74, 6) is 0.0759. The van der Waals surface area contributed by atoms with E-state index in [9.17, 15) is 9.18 Å². The van der Waals surface area contributed by atoms with Gasteiger partial charge in [0.1, 0.15) is 12.4 Å². The SMILES string of the molecule is O=C(Cn1ccnc1)N1CCC[C@@H](c2cc(-c3ccc(F)cc3)n[nH]2)C1. The van der Waals surface area contributed by atoms with Gasteiger partial charge in [-0.2, -0.15) is 5.10 Å². The first-order valence-electron chi connectivity index (χ1n) is 8.74. The van der Waals surface area contributed by atoms with Gasteiger partial charge in [-0.15, -0.1) is 0 Å². The van der Waals surface area contributed by atoms with Gasteiger partial charge < -0.3 is 9.47 Å². The standard InChI is InChI=1S/C19H20FN5O/c20-16-5-3-14(4-6-16)17-10-18(23-22-17)15-2-1-8-25(11-15)19(26)12-24-9-7-21-13-24/h3-7,9-10,13,15H,1-2,8,11-12H2,(H,22,23)/t15-/m1/s1. The summed E-state index contributed by atoms with van der Waals surface area (Å²) >= 11 is 0. The number of likely N-dealkylation sites (tertiary alicyclic amines) is 1. The second-order valence-electron chi connectivity index (χ2n) is 6.63. The van der Waals surface area contributed by atoms with Crippen molar-refractivity contribution >= 4 is 5.91 Å². The number of aromatic nitrogens is 4. The molecule has 26 heavy (non-hydrogen) atoms. The van der Waals surface area contributed by atoms with Crippen LogP contribution in [0.4, 0.5) is 4.39 Å². The molecule has 2 aromatic heterocycles. The van der Waals surface area contributed by atoms with Gasteiger partial charge in [-0.05, 0) is 43.2 Å². The predicted molar refractivity (Wildman–Crippen MR) is 94.8 cm³/mol. The molecule has 4 rings (SSSR count). The smallest absolute Gasteiger partial charge is 0.242 e. The molecule has 0 aliphatic carbocycles. The zero-order valence-electron chi connectivity index (χ0n) is 14.3. The summed E-state index contributed by atoms with van der Waals surface area (Å²) in [4.78, 5) is 18.4. The summed E-state index contributed by atoms with van der Waals surface area (Å²) in [5, 5.41) is 7.46. The summed E-state index contributed by atoms with van der Waals surface area (Å²) in [5.41, 5.74) is 2.68. The monoisotopic (exact) mass is 353 g/mol. The highest BCUT2D eigenvalue weighted by atomic mass is 19.1. The summed E-state index contributed by atoms with van der Waals surface area (Å²) < 4.78 is 14.9. The Hall–Kier alpha value is -2.96. The molecule has 6 nitrogen and oxygen atoms in total. The zero-order valence-corrected chi connectivity index (χ0v) is 14.3. The Bertz CT molecular complexity index is 872. The third kappa shape index (κ3) is 3.51. The molecule has 1 N–H and O–H groups in total. The second-order valence-corrected chi connectivity index (χ2v) is 6.63. The first kappa shape index (κ1) is 16.5. The molecule has 1 fully saturated rings. The molecule has 0 saturated carbocycles. The number of piperidine rings is 1. The number of halogens is 1. The lowest BCUT2D eigenvalue weighted by molar-refractivity contribution is -0.133. The molecule has 0 unspecified atom stereocenters. The van der Waals surface area contributed by atoms with Gasteiger partial charge in [0.2, 0.25) is 5.91 Å². The van der Waals surface area contributed by atoms with E-state index in [1.807, 2.05) is 11.0 Å². The third-order valence-corrected chi connectivity index (χ3v) is 4.83. The van der Waals surface area contributed by atoms with Crippen LogP contribution in [-0.4, -0.2) is 43.6 Å². The quantitative estimate of drug-likeness (QED) is 0.784. The molecule has 0 radical (unpaired) electrons. The highest BCUT2D eigenvalue weighted by Crippen LogP contribution is 2.28. The van der Waals surface area contributed by atoms with Gasteiger partial charge in [0.05, 0.1) is 12.0 Å². The van der Waals surface area contributed by atoms with Crippen molar-refractivity contribution in [3.05, 3.63) is 60.6 Å². The van der Waals surface area contributed by atoms with E-state index in [2.05, 4.69) is 15.2 Å². The first-order valence-corrected chi connectivity index (χ1v) is 8.74. The van der Waals surface area contributed by atoms with Gasteiger partial charge >= 0.3 is 0 Å². The van der Waals surface area contributed by atoms with E-state index >= 15 is 0 Å². The number of rotatable bonds is 4. The van der Waals surface area contributed by atoms with Crippen LogP contribution in [0.25, 0.3) is 11.3 Å².